The van der Waals surface area contributed by atoms with Crippen LogP contribution in [0.25, 0.3) is 20.9 Å². The Morgan fingerprint density at radius 1 is 1.13 bits per heavy atom. The van der Waals surface area contributed by atoms with E-state index in [1.165, 1.54) is 6.07 Å². The van der Waals surface area contributed by atoms with E-state index in [1.807, 2.05) is 30.3 Å². The van der Waals surface area contributed by atoms with Crippen LogP contribution in [0.5, 0.6) is 0 Å². The Morgan fingerprint density at radius 2 is 1.78 bits per heavy atom. The SMILES string of the molecule is [N-]=[N+]=NCc1cc(C(=O)O)c(CN=[N+]=[N-])n1Cc1ccccc1. The first kappa shape index (κ1) is 16.0. The van der Waals surface area contributed by atoms with Crippen LogP contribution >= 0.6 is 0 Å². The first-order valence-electron chi connectivity index (χ1n) is 6.67. The van der Waals surface area contributed by atoms with Gasteiger partial charge in [0.2, 0.25) is 0 Å². The molecule has 1 aromatic carbocycles. The molecule has 1 aromatic heterocycles. The quantitative estimate of drug-likeness (QED) is 0.471. The van der Waals surface area contributed by atoms with Crippen molar-refractivity contribution in [3.63, 3.8) is 0 Å². The average molecular weight is 311 g/mol. The van der Waals surface area contributed by atoms with E-state index in [4.69, 9.17) is 11.1 Å². The Hall–Kier alpha value is -3.41. The fraction of sp³-hybridized carbons (Fsp3) is 0.214. The number of nitrogens with zero attached hydrogens (tertiary/aromatic N) is 7. The predicted molar refractivity (Wildman–Crippen MR) is 82.6 cm³/mol. The minimum absolute atomic E-state index is 0.0138. The first-order valence-corrected chi connectivity index (χ1v) is 6.67. The Kier molecular flexibility index (Phi) is 5.25. The summed E-state index contributed by atoms with van der Waals surface area (Å²) >= 11 is 0. The van der Waals surface area contributed by atoms with Gasteiger partial charge in [-0.3, -0.25) is 0 Å². The van der Waals surface area contributed by atoms with Crippen molar-refractivity contribution < 1.29 is 9.90 Å². The molecule has 0 saturated heterocycles. The summed E-state index contributed by atoms with van der Waals surface area (Å²) in [5.41, 5.74) is 18.9. The average Bonchev–Trinajstić information content (AvgIpc) is 2.90. The van der Waals surface area contributed by atoms with Gasteiger partial charge < -0.3 is 9.67 Å². The fourth-order valence-electron chi connectivity index (χ4n) is 2.30. The van der Waals surface area contributed by atoms with Crippen LogP contribution in [0.15, 0.2) is 46.6 Å². The van der Waals surface area contributed by atoms with Crippen LogP contribution in [-0.2, 0) is 19.6 Å². The third-order valence-corrected chi connectivity index (χ3v) is 3.29. The minimum atomic E-state index is -1.12. The smallest absolute Gasteiger partial charge is 0.337 e. The van der Waals surface area contributed by atoms with Gasteiger partial charge in [-0.2, -0.15) is 0 Å². The number of carbonyl (C=O) groups is 1. The van der Waals surface area contributed by atoms with Crippen LogP contribution in [0.3, 0.4) is 0 Å². The molecule has 0 radical (unpaired) electrons. The minimum Gasteiger partial charge on any atom is -0.478 e. The molecule has 0 spiro atoms. The number of aromatic carboxylic acids is 1. The van der Waals surface area contributed by atoms with Crippen LogP contribution < -0.4 is 0 Å². The first-order chi connectivity index (χ1) is 11.2. The molecular formula is C14H13N7O2. The molecule has 2 aromatic rings. The van der Waals surface area contributed by atoms with Crippen LogP contribution in [0, 0.1) is 0 Å². The van der Waals surface area contributed by atoms with Gasteiger partial charge in [-0.05, 0) is 22.7 Å². The summed E-state index contributed by atoms with van der Waals surface area (Å²) < 4.78 is 1.71. The third-order valence-electron chi connectivity index (χ3n) is 3.29. The second kappa shape index (κ2) is 7.56. The molecule has 0 unspecified atom stereocenters. The number of benzene rings is 1. The van der Waals surface area contributed by atoms with Gasteiger partial charge in [0.25, 0.3) is 0 Å². The summed E-state index contributed by atoms with van der Waals surface area (Å²) in [6, 6.07) is 10.9. The number of hydrogen-bond acceptors (Lipinski definition) is 3. The molecule has 9 nitrogen and oxygen atoms in total. The van der Waals surface area contributed by atoms with Crippen molar-refractivity contribution in [2.24, 2.45) is 10.2 Å². The van der Waals surface area contributed by atoms with Crippen molar-refractivity contribution in [3.8, 4) is 0 Å². The van der Waals surface area contributed by atoms with Gasteiger partial charge in [0.05, 0.1) is 18.7 Å². The standard InChI is InChI=1S/C14H13N7O2/c15-19-17-7-11-6-12(14(22)23)13(8-18-20-16)21(11)9-10-4-2-1-3-5-10/h1-6H,7-9H2,(H,22,23). The zero-order valence-electron chi connectivity index (χ0n) is 12.1. The number of rotatable bonds is 7. The van der Waals surface area contributed by atoms with Crippen LogP contribution in [-0.4, -0.2) is 15.6 Å². The Bertz CT molecular complexity index is 800. The number of carboxylic acid groups (broad SMARTS) is 1. The molecule has 0 fully saturated rings. The molecule has 0 saturated carbocycles. The van der Waals surface area contributed by atoms with E-state index in [2.05, 4.69) is 20.1 Å². The van der Waals surface area contributed by atoms with Crippen molar-refractivity contribution in [2.75, 3.05) is 0 Å². The molecule has 1 N–H and O–H groups in total. The van der Waals surface area contributed by atoms with Gasteiger partial charge >= 0.3 is 5.97 Å². The second-order valence-corrected chi connectivity index (χ2v) is 4.65. The lowest BCUT2D eigenvalue weighted by Crippen LogP contribution is -2.09. The number of hydrogen-bond donors (Lipinski definition) is 1. The van der Waals surface area contributed by atoms with Crippen LogP contribution in [0.4, 0.5) is 0 Å². The van der Waals surface area contributed by atoms with Gasteiger partial charge in [-0.1, -0.05) is 40.6 Å². The summed E-state index contributed by atoms with van der Waals surface area (Å²) in [6.45, 7) is 0.307. The molecule has 0 bridgehead atoms. The summed E-state index contributed by atoms with van der Waals surface area (Å²) in [6.07, 6.45) is 0. The van der Waals surface area contributed by atoms with E-state index in [1.54, 1.807) is 4.57 Å². The largest absolute Gasteiger partial charge is 0.478 e. The maximum absolute atomic E-state index is 11.4. The molecular weight excluding hydrogens is 298 g/mol. The molecule has 9 heteroatoms. The lowest BCUT2D eigenvalue weighted by Gasteiger charge is -2.12. The third kappa shape index (κ3) is 3.82. The van der Waals surface area contributed by atoms with Gasteiger partial charge in [0.1, 0.15) is 0 Å². The molecule has 0 aliphatic rings. The lowest BCUT2D eigenvalue weighted by molar-refractivity contribution is 0.0695. The van der Waals surface area contributed by atoms with Crippen molar-refractivity contribution >= 4 is 5.97 Å². The highest BCUT2D eigenvalue weighted by Crippen LogP contribution is 2.21. The molecule has 23 heavy (non-hydrogen) atoms. The zero-order valence-corrected chi connectivity index (χ0v) is 12.1. The van der Waals surface area contributed by atoms with Gasteiger partial charge in [-0.25, -0.2) is 4.79 Å². The van der Waals surface area contributed by atoms with E-state index in [9.17, 15) is 9.90 Å². The van der Waals surface area contributed by atoms with Crippen molar-refractivity contribution in [3.05, 3.63) is 79.8 Å². The lowest BCUT2D eigenvalue weighted by atomic mass is 10.2. The maximum Gasteiger partial charge on any atom is 0.337 e. The van der Waals surface area contributed by atoms with Crippen LogP contribution in [0.2, 0.25) is 0 Å². The van der Waals surface area contributed by atoms with Gasteiger partial charge in [0, 0.05) is 27.8 Å². The zero-order chi connectivity index (χ0) is 16.7. The monoisotopic (exact) mass is 311 g/mol. The summed E-state index contributed by atoms with van der Waals surface area (Å²) in [4.78, 5) is 16.8. The van der Waals surface area contributed by atoms with Gasteiger partial charge in [0.15, 0.2) is 0 Å². The molecule has 0 amide bonds. The highest BCUT2D eigenvalue weighted by Gasteiger charge is 2.19. The van der Waals surface area contributed by atoms with E-state index >= 15 is 0 Å². The topological polar surface area (TPSA) is 140 Å². The van der Waals surface area contributed by atoms with Crippen molar-refractivity contribution in [1.29, 1.82) is 0 Å². The predicted octanol–water partition coefficient (Wildman–Crippen LogP) is 3.86. The van der Waals surface area contributed by atoms with E-state index in [0.29, 0.717) is 17.9 Å². The molecule has 0 aliphatic heterocycles. The second-order valence-electron chi connectivity index (χ2n) is 4.65. The summed E-state index contributed by atoms with van der Waals surface area (Å²) in [5.74, 6) is -1.12. The van der Waals surface area contributed by atoms with E-state index in [-0.39, 0.29) is 18.7 Å². The molecule has 2 rings (SSSR count). The van der Waals surface area contributed by atoms with Crippen LogP contribution in [0.1, 0.15) is 27.3 Å². The van der Waals surface area contributed by atoms with Gasteiger partial charge in [-0.15, -0.1) is 0 Å². The summed E-state index contributed by atoms with van der Waals surface area (Å²) in [7, 11) is 0. The molecule has 116 valence electrons. The van der Waals surface area contributed by atoms with Crippen molar-refractivity contribution in [1.82, 2.24) is 4.57 Å². The molecule has 1 heterocycles. The highest BCUT2D eigenvalue weighted by atomic mass is 16.4. The number of azide groups is 2. The fourth-order valence-corrected chi connectivity index (χ4v) is 2.30. The van der Waals surface area contributed by atoms with E-state index < -0.39 is 5.97 Å². The maximum atomic E-state index is 11.4. The van der Waals surface area contributed by atoms with E-state index in [0.717, 1.165) is 5.56 Å². The highest BCUT2D eigenvalue weighted by molar-refractivity contribution is 5.89. The summed E-state index contributed by atoms with van der Waals surface area (Å²) in [5, 5.41) is 16.3. The Morgan fingerprint density at radius 3 is 2.39 bits per heavy atom. The number of carboxylic acids is 1. The normalized spacial score (nSPS) is 9.74. The Balaban J connectivity index is 2.54. The molecule has 0 aliphatic carbocycles. The number of aromatic nitrogens is 1. The van der Waals surface area contributed by atoms with Crippen molar-refractivity contribution in [2.45, 2.75) is 19.6 Å². The Labute approximate surface area is 131 Å². The molecule has 0 atom stereocenters.